The van der Waals surface area contributed by atoms with Gasteiger partial charge in [-0.05, 0) is 16.3 Å². The van der Waals surface area contributed by atoms with Gasteiger partial charge in [-0.2, -0.15) is 0 Å². The molecule has 0 unspecified atom stereocenters. The second kappa shape index (κ2) is 5.25. The lowest BCUT2D eigenvalue weighted by molar-refractivity contribution is 0.277. The first kappa shape index (κ1) is 11.3. The Morgan fingerprint density at radius 2 is 1.62 bits per heavy atom. The Morgan fingerprint density at radius 3 is 2.38 bits per heavy atom. The molecule has 0 aromatic heterocycles. The van der Waals surface area contributed by atoms with Gasteiger partial charge in [0.15, 0.2) is 0 Å². The van der Waals surface area contributed by atoms with E-state index in [9.17, 15) is 0 Å². The minimum Gasteiger partial charge on any atom is -0.400 e. The largest absolute Gasteiger partial charge is 0.400 e. The third kappa shape index (κ3) is 2.32. The van der Waals surface area contributed by atoms with E-state index in [0.29, 0.717) is 0 Å². The van der Waals surface area contributed by atoms with Crippen LogP contribution in [0.3, 0.4) is 0 Å². The van der Waals surface area contributed by atoms with E-state index in [2.05, 4.69) is 42.5 Å². The molecule has 0 radical (unpaired) electrons. The lowest BCUT2D eigenvalue weighted by atomic mass is 10.1. The number of rotatable bonds is 4. The van der Waals surface area contributed by atoms with Crippen LogP contribution in [-0.2, 0) is 14.9 Å². The van der Waals surface area contributed by atoms with E-state index in [1.54, 1.807) is 14.2 Å². The zero-order chi connectivity index (χ0) is 11.4. The highest BCUT2D eigenvalue weighted by atomic mass is 28.3. The molecule has 0 atom stereocenters. The number of fused-ring (bicyclic) bond motifs is 1. The quantitative estimate of drug-likeness (QED) is 0.754. The maximum Gasteiger partial charge on any atom is 0.325 e. The van der Waals surface area contributed by atoms with E-state index in [-0.39, 0.29) is 0 Å². The van der Waals surface area contributed by atoms with Gasteiger partial charge in [0, 0.05) is 20.3 Å². The van der Waals surface area contributed by atoms with Gasteiger partial charge in [-0.25, -0.2) is 0 Å². The highest BCUT2D eigenvalue weighted by Gasteiger charge is 2.12. The summed E-state index contributed by atoms with van der Waals surface area (Å²) in [6, 6.07) is 15.7. The van der Waals surface area contributed by atoms with Crippen molar-refractivity contribution in [3.05, 3.63) is 48.0 Å². The lowest BCUT2D eigenvalue weighted by Crippen LogP contribution is -2.22. The van der Waals surface area contributed by atoms with Gasteiger partial charge in [0.25, 0.3) is 0 Å². The van der Waals surface area contributed by atoms with Crippen molar-refractivity contribution in [1.82, 2.24) is 0 Å². The van der Waals surface area contributed by atoms with Gasteiger partial charge >= 0.3 is 9.28 Å². The van der Waals surface area contributed by atoms with Crippen LogP contribution in [0.1, 0.15) is 5.56 Å². The fraction of sp³-hybridized carbons (Fsp3) is 0.231. The standard InChI is InChI=1S/C13H16O2Si/c1-14-16(15-2)10-12-8-5-7-11-6-3-4-9-13(11)12/h3-9,16H,10H2,1-2H3. The SMILES string of the molecule is CO[SiH](Cc1cccc2ccccc12)OC. The Morgan fingerprint density at radius 1 is 0.938 bits per heavy atom. The molecule has 2 nitrogen and oxygen atoms in total. The van der Waals surface area contributed by atoms with Crippen molar-refractivity contribution in [1.29, 1.82) is 0 Å². The molecule has 0 aliphatic rings. The first-order valence-electron chi connectivity index (χ1n) is 5.37. The molecule has 2 rings (SSSR count). The predicted octanol–water partition coefficient (Wildman–Crippen LogP) is 2.43. The number of hydrogen-bond donors (Lipinski definition) is 0. The fourth-order valence-corrected chi connectivity index (χ4v) is 3.15. The van der Waals surface area contributed by atoms with Crippen molar-refractivity contribution in [2.75, 3.05) is 14.2 Å². The second-order valence-corrected chi connectivity index (χ2v) is 5.95. The Hall–Kier alpha value is -1.16. The average molecular weight is 232 g/mol. The summed E-state index contributed by atoms with van der Waals surface area (Å²) in [6.07, 6.45) is 0. The van der Waals surface area contributed by atoms with E-state index in [1.165, 1.54) is 16.3 Å². The van der Waals surface area contributed by atoms with Gasteiger partial charge in [-0.3, -0.25) is 0 Å². The van der Waals surface area contributed by atoms with Crippen molar-refractivity contribution in [2.45, 2.75) is 6.04 Å². The molecule has 0 aliphatic heterocycles. The summed E-state index contributed by atoms with van der Waals surface area (Å²) < 4.78 is 10.7. The van der Waals surface area contributed by atoms with Crippen molar-refractivity contribution in [3.8, 4) is 0 Å². The molecule has 3 heteroatoms. The highest BCUT2D eigenvalue weighted by molar-refractivity contribution is 6.44. The van der Waals surface area contributed by atoms with Gasteiger partial charge in [-0.15, -0.1) is 0 Å². The molecule has 0 amide bonds. The van der Waals surface area contributed by atoms with Crippen molar-refractivity contribution in [2.24, 2.45) is 0 Å². The lowest BCUT2D eigenvalue weighted by Gasteiger charge is -2.12. The van der Waals surface area contributed by atoms with Gasteiger partial charge < -0.3 is 8.85 Å². The molecule has 0 saturated heterocycles. The Labute approximate surface area is 97.7 Å². The normalized spacial score (nSPS) is 11.2. The first-order valence-corrected chi connectivity index (χ1v) is 7.13. The Bertz CT molecular complexity index is 461. The van der Waals surface area contributed by atoms with Crippen LogP contribution in [-0.4, -0.2) is 23.5 Å². The maximum atomic E-state index is 5.37. The van der Waals surface area contributed by atoms with Gasteiger partial charge in [0.1, 0.15) is 0 Å². The monoisotopic (exact) mass is 232 g/mol. The molecule has 2 aromatic rings. The van der Waals surface area contributed by atoms with Gasteiger partial charge in [0.2, 0.25) is 0 Å². The number of benzene rings is 2. The minimum absolute atomic E-state index is 0.911. The number of hydrogen-bond acceptors (Lipinski definition) is 2. The van der Waals surface area contributed by atoms with E-state index in [4.69, 9.17) is 8.85 Å². The minimum atomic E-state index is -1.53. The summed E-state index contributed by atoms with van der Waals surface area (Å²) in [4.78, 5) is 0. The molecule has 0 heterocycles. The van der Waals surface area contributed by atoms with E-state index >= 15 is 0 Å². The van der Waals surface area contributed by atoms with Crippen LogP contribution in [0.15, 0.2) is 42.5 Å². The maximum absolute atomic E-state index is 5.37. The van der Waals surface area contributed by atoms with Crippen LogP contribution < -0.4 is 0 Å². The predicted molar refractivity (Wildman–Crippen MR) is 68.8 cm³/mol. The van der Waals surface area contributed by atoms with Crippen molar-refractivity contribution < 1.29 is 8.85 Å². The van der Waals surface area contributed by atoms with E-state index in [1.807, 2.05) is 0 Å². The topological polar surface area (TPSA) is 18.5 Å². The molecular weight excluding hydrogens is 216 g/mol. The van der Waals surface area contributed by atoms with Crippen LogP contribution in [0, 0.1) is 0 Å². The third-order valence-corrected chi connectivity index (χ3v) is 4.62. The molecule has 16 heavy (non-hydrogen) atoms. The molecule has 84 valence electrons. The summed E-state index contributed by atoms with van der Waals surface area (Å²) in [7, 11) is 1.93. The van der Waals surface area contributed by atoms with Gasteiger partial charge in [-0.1, -0.05) is 42.5 Å². The molecule has 0 aliphatic carbocycles. The van der Waals surface area contributed by atoms with Gasteiger partial charge in [0.05, 0.1) is 0 Å². The second-order valence-electron chi connectivity index (χ2n) is 3.74. The summed E-state index contributed by atoms with van der Waals surface area (Å²) in [5, 5.41) is 2.58. The highest BCUT2D eigenvalue weighted by Crippen LogP contribution is 2.19. The van der Waals surface area contributed by atoms with Crippen LogP contribution >= 0.6 is 0 Å². The summed E-state index contributed by atoms with van der Waals surface area (Å²) in [6.45, 7) is 0. The van der Waals surface area contributed by atoms with Crippen LogP contribution in [0.25, 0.3) is 10.8 Å². The van der Waals surface area contributed by atoms with Crippen molar-refractivity contribution >= 4 is 20.1 Å². The fourth-order valence-electron chi connectivity index (χ4n) is 1.91. The summed E-state index contributed by atoms with van der Waals surface area (Å²) in [5.74, 6) is 0. The summed E-state index contributed by atoms with van der Waals surface area (Å²) >= 11 is 0. The molecule has 0 saturated carbocycles. The van der Waals surface area contributed by atoms with E-state index in [0.717, 1.165) is 6.04 Å². The van der Waals surface area contributed by atoms with Crippen LogP contribution in [0.5, 0.6) is 0 Å². The van der Waals surface area contributed by atoms with Crippen LogP contribution in [0.4, 0.5) is 0 Å². The molecule has 0 N–H and O–H groups in total. The Balaban J connectivity index is 2.36. The molecular formula is C13H16O2Si. The molecule has 0 fully saturated rings. The molecule has 0 bridgehead atoms. The average Bonchev–Trinajstić information content (AvgIpc) is 2.36. The first-order chi connectivity index (χ1) is 7.85. The van der Waals surface area contributed by atoms with Crippen molar-refractivity contribution in [3.63, 3.8) is 0 Å². The summed E-state index contributed by atoms with van der Waals surface area (Å²) in [5.41, 5.74) is 1.32. The zero-order valence-corrected chi connectivity index (χ0v) is 10.8. The van der Waals surface area contributed by atoms with E-state index < -0.39 is 9.28 Å². The molecule has 0 spiro atoms. The Kier molecular flexibility index (Phi) is 3.72. The smallest absolute Gasteiger partial charge is 0.325 e. The van der Waals surface area contributed by atoms with Crippen LogP contribution in [0.2, 0.25) is 0 Å². The zero-order valence-electron chi connectivity index (χ0n) is 9.64. The molecule has 2 aromatic carbocycles. The third-order valence-electron chi connectivity index (χ3n) is 2.79.